The quantitative estimate of drug-likeness (QED) is 0.690. The number of nitrogens with zero attached hydrogens (tertiary/aromatic N) is 4. The molecule has 1 aromatic carbocycles. The van der Waals surface area contributed by atoms with E-state index in [0.717, 1.165) is 47.9 Å². The van der Waals surface area contributed by atoms with Crippen molar-refractivity contribution in [2.75, 3.05) is 31.6 Å². The van der Waals surface area contributed by atoms with Crippen LogP contribution in [0.2, 0.25) is 0 Å². The molecule has 5 nitrogen and oxygen atoms in total. The number of rotatable bonds is 5. The van der Waals surface area contributed by atoms with Gasteiger partial charge < -0.3 is 9.80 Å². The van der Waals surface area contributed by atoms with E-state index in [1.165, 1.54) is 10.4 Å². The fourth-order valence-corrected chi connectivity index (χ4v) is 4.44. The molecule has 3 aromatic rings. The molecule has 2 aromatic heterocycles. The van der Waals surface area contributed by atoms with Crippen molar-refractivity contribution in [3.05, 3.63) is 42.2 Å². The summed E-state index contributed by atoms with van der Waals surface area (Å²) in [6.45, 7) is 4.33. The van der Waals surface area contributed by atoms with Gasteiger partial charge in [-0.1, -0.05) is 30.3 Å². The minimum Gasteiger partial charge on any atom is -0.357 e. The summed E-state index contributed by atoms with van der Waals surface area (Å²) in [5, 5.41) is 1.08. The van der Waals surface area contributed by atoms with Crippen molar-refractivity contribution >= 4 is 33.3 Å². The summed E-state index contributed by atoms with van der Waals surface area (Å²) in [7, 11) is 2.04. The molecular formula is C20H22N4OS. The Bertz CT molecular complexity index is 938. The summed E-state index contributed by atoms with van der Waals surface area (Å²) in [4.78, 5) is 27.5. The van der Waals surface area contributed by atoms with Crippen LogP contribution in [-0.4, -0.2) is 47.5 Å². The number of likely N-dealkylation sites (N-methyl/N-ethyl adjacent to an activating group) is 1. The lowest BCUT2D eigenvalue weighted by molar-refractivity contribution is -0.127. The maximum absolute atomic E-state index is 11.8. The first kappa shape index (κ1) is 17.0. The van der Waals surface area contributed by atoms with E-state index in [4.69, 9.17) is 4.98 Å². The largest absolute Gasteiger partial charge is 0.357 e. The van der Waals surface area contributed by atoms with Gasteiger partial charge in [-0.15, -0.1) is 11.3 Å². The van der Waals surface area contributed by atoms with Gasteiger partial charge >= 0.3 is 0 Å². The molecule has 4 rings (SSSR count). The molecule has 26 heavy (non-hydrogen) atoms. The van der Waals surface area contributed by atoms with Gasteiger partial charge in [0.2, 0.25) is 5.91 Å². The summed E-state index contributed by atoms with van der Waals surface area (Å²) >= 11 is 1.70. The first-order valence-corrected chi connectivity index (χ1v) is 9.76. The second-order valence-corrected chi connectivity index (χ2v) is 7.73. The lowest BCUT2D eigenvalue weighted by Crippen LogP contribution is -2.34. The van der Waals surface area contributed by atoms with Crippen LogP contribution in [0.15, 0.2) is 36.4 Å². The summed E-state index contributed by atoms with van der Waals surface area (Å²) < 4.78 is 0. The number of anilines is 1. The van der Waals surface area contributed by atoms with Crippen LogP contribution in [0, 0.1) is 6.92 Å². The molecule has 0 unspecified atom stereocenters. The van der Waals surface area contributed by atoms with Gasteiger partial charge in [0.25, 0.3) is 0 Å². The first-order chi connectivity index (χ1) is 12.6. The maximum Gasteiger partial charge on any atom is 0.222 e. The molecule has 0 saturated carbocycles. The zero-order valence-electron chi connectivity index (χ0n) is 15.1. The minimum atomic E-state index is 0.268. The summed E-state index contributed by atoms with van der Waals surface area (Å²) in [6.07, 6.45) is 1.66. The number of aryl methyl sites for hydroxylation is 1. The monoisotopic (exact) mass is 366 g/mol. The van der Waals surface area contributed by atoms with E-state index in [-0.39, 0.29) is 5.91 Å². The highest BCUT2D eigenvalue weighted by Crippen LogP contribution is 2.36. The topological polar surface area (TPSA) is 49.3 Å². The molecule has 134 valence electrons. The molecule has 1 aliphatic heterocycles. The van der Waals surface area contributed by atoms with Gasteiger partial charge in [-0.05, 0) is 25.0 Å². The number of fused-ring (bicyclic) bond motifs is 1. The predicted octanol–water partition coefficient (Wildman–Crippen LogP) is 3.73. The van der Waals surface area contributed by atoms with E-state index in [1.54, 1.807) is 11.3 Å². The van der Waals surface area contributed by atoms with Crippen molar-refractivity contribution in [1.29, 1.82) is 0 Å². The van der Waals surface area contributed by atoms with Crippen molar-refractivity contribution in [3.63, 3.8) is 0 Å². The highest BCUT2D eigenvalue weighted by atomic mass is 32.1. The van der Waals surface area contributed by atoms with Gasteiger partial charge in [-0.25, -0.2) is 9.97 Å². The number of amides is 1. The molecule has 0 aliphatic carbocycles. The van der Waals surface area contributed by atoms with Gasteiger partial charge in [-0.2, -0.15) is 0 Å². The molecule has 0 spiro atoms. The SMILES string of the molecule is Cc1nc(N(C)CCN2CCCC2=O)c2cc(-c3ccccc3)sc2n1. The number of benzene rings is 1. The smallest absolute Gasteiger partial charge is 0.222 e. The predicted molar refractivity (Wildman–Crippen MR) is 107 cm³/mol. The Labute approximate surface area is 157 Å². The van der Waals surface area contributed by atoms with Gasteiger partial charge in [-0.3, -0.25) is 4.79 Å². The molecule has 0 bridgehead atoms. The third-order valence-electron chi connectivity index (χ3n) is 4.78. The molecule has 3 heterocycles. The van der Waals surface area contributed by atoms with Crippen molar-refractivity contribution in [2.45, 2.75) is 19.8 Å². The van der Waals surface area contributed by atoms with Gasteiger partial charge in [0, 0.05) is 38.0 Å². The fourth-order valence-electron chi connectivity index (χ4n) is 3.36. The van der Waals surface area contributed by atoms with Crippen LogP contribution in [0.5, 0.6) is 0 Å². The van der Waals surface area contributed by atoms with Crippen molar-refractivity contribution in [1.82, 2.24) is 14.9 Å². The second kappa shape index (κ2) is 7.03. The van der Waals surface area contributed by atoms with Crippen molar-refractivity contribution in [2.24, 2.45) is 0 Å². The van der Waals surface area contributed by atoms with Crippen molar-refractivity contribution in [3.8, 4) is 10.4 Å². The van der Waals surface area contributed by atoms with Crippen LogP contribution in [0.25, 0.3) is 20.7 Å². The Morgan fingerprint density at radius 3 is 2.77 bits per heavy atom. The highest BCUT2D eigenvalue weighted by Gasteiger charge is 2.21. The van der Waals surface area contributed by atoms with Crippen molar-refractivity contribution < 1.29 is 4.79 Å². The molecule has 0 radical (unpaired) electrons. The Morgan fingerprint density at radius 2 is 2.04 bits per heavy atom. The third-order valence-corrected chi connectivity index (χ3v) is 5.86. The van der Waals surface area contributed by atoms with E-state index in [2.05, 4.69) is 40.2 Å². The summed E-state index contributed by atoms with van der Waals surface area (Å²) in [5.74, 6) is 1.99. The zero-order chi connectivity index (χ0) is 18.1. The Hall–Kier alpha value is -2.47. The van der Waals surface area contributed by atoms with Crippen LogP contribution in [0.1, 0.15) is 18.7 Å². The summed E-state index contributed by atoms with van der Waals surface area (Å²) in [5.41, 5.74) is 1.20. The van der Waals surface area contributed by atoms with E-state index < -0.39 is 0 Å². The molecule has 6 heteroatoms. The molecule has 0 atom stereocenters. The van der Waals surface area contributed by atoms with Gasteiger partial charge in [0.15, 0.2) is 0 Å². The van der Waals surface area contributed by atoms with Crippen LogP contribution in [0.4, 0.5) is 5.82 Å². The van der Waals surface area contributed by atoms with Crippen LogP contribution in [0.3, 0.4) is 0 Å². The third kappa shape index (κ3) is 3.29. The molecule has 1 amide bonds. The molecular weight excluding hydrogens is 344 g/mol. The molecule has 1 fully saturated rings. The lowest BCUT2D eigenvalue weighted by Gasteiger charge is -2.23. The number of carbonyl (C=O) groups excluding carboxylic acids is 1. The standard InChI is InChI=1S/C20H22N4OS/c1-14-21-19(23(2)11-12-24-10-6-9-18(24)25)16-13-17(26-20(16)22-14)15-7-4-3-5-8-15/h3-5,7-8,13H,6,9-12H2,1-2H3. The normalized spacial score (nSPS) is 14.4. The average Bonchev–Trinajstić information content (AvgIpc) is 3.25. The van der Waals surface area contributed by atoms with Gasteiger partial charge in [0.1, 0.15) is 16.5 Å². The zero-order valence-corrected chi connectivity index (χ0v) is 15.9. The number of aromatic nitrogens is 2. The molecule has 1 saturated heterocycles. The molecule has 1 aliphatic rings. The number of hydrogen-bond acceptors (Lipinski definition) is 5. The Balaban J connectivity index is 1.63. The minimum absolute atomic E-state index is 0.268. The number of hydrogen-bond donors (Lipinski definition) is 0. The van der Waals surface area contributed by atoms with E-state index in [9.17, 15) is 4.79 Å². The average molecular weight is 366 g/mol. The molecule has 0 N–H and O–H groups in total. The van der Waals surface area contributed by atoms with Gasteiger partial charge in [0.05, 0.1) is 5.39 Å². The van der Waals surface area contributed by atoms with E-state index in [0.29, 0.717) is 6.42 Å². The summed E-state index contributed by atoms with van der Waals surface area (Å²) in [6, 6.07) is 12.6. The van der Waals surface area contributed by atoms with E-state index >= 15 is 0 Å². The number of likely N-dealkylation sites (tertiary alicyclic amines) is 1. The van der Waals surface area contributed by atoms with E-state index in [1.807, 2.05) is 24.9 Å². The highest BCUT2D eigenvalue weighted by molar-refractivity contribution is 7.21. The number of thiophene rings is 1. The second-order valence-electron chi connectivity index (χ2n) is 6.70. The number of carbonyl (C=O) groups is 1. The Morgan fingerprint density at radius 1 is 1.23 bits per heavy atom. The van der Waals surface area contributed by atoms with Crippen LogP contribution >= 0.6 is 11.3 Å². The fraction of sp³-hybridized carbons (Fsp3) is 0.350. The lowest BCUT2D eigenvalue weighted by atomic mass is 10.2. The maximum atomic E-state index is 11.8. The van der Waals surface area contributed by atoms with Crippen LogP contribution in [-0.2, 0) is 4.79 Å². The van der Waals surface area contributed by atoms with Crippen LogP contribution < -0.4 is 4.90 Å². The Kier molecular flexibility index (Phi) is 4.59. The first-order valence-electron chi connectivity index (χ1n) is 8.94.